The van der Waals surface area contributed by atoms with Gasteiger partial charge >= 0.3 is 0 Å². The molecule has 0 spiro atoms. The number of hydrogen-bond acceptors (Lipinski definition) is 4. The summed E-state index contributed by atoms with van der Waals surface area (Å²) < 4.78 is 0. The van der Waals surface area contributed by atoms with E-state index in [1.54, 1.807) is 6.20 Å². The van der Waals surface area contributed by atoms with Crippen LogP contribution in [0.2, 0.25) is 0 Å². The molecule has 1 aliphatic rings. The SMILES string of the molecule is O=C(c1ccccc1)N1CCC(Nc2nccc(-c3ccc4ccccc4c3)n2)C1. The van der Waals surface area contributed by atoms with Gasteiger partial charge in [-0.05, 0) is 41.5 Å². The Morgan fingerprint density at radius 1 is 0.933 bits per heavy atom. The highest BCUT2D eigenvalue weighted by molar-refractivity contribution is 5.94. The van der Waals surface area contributed by atoms with Crippen LogP contribution in [0.4, 0.5) is 5.95 Å². The second-order valence-corrected chi connectivity index (χ2v) is 7.57. The maximum atomic E-state index is 12.7. The number of nitrogens with one attached hydrogen (secondary N) is 1. The number of nitrogens with zero attached hydrogens (tertiary/aromatic N) is 3. The average Bonchev–Trinajstić information content (AvgIpc) is 3.27. The van der Waals surface area contributed by atoms with E-state index in [9.17, 15) is 4.79 Å². The van der Waals surface area contributed by atoms with Crippen LogP contribution in [0.15, 0.2) is 85.1 Å². The van der Waals surface area contributed by atoms with E-state index in [-0.39, 0.29) is 11.9 Å². The molecule has 5 nitrogen and oxygen atoms in total. The number of rotatable bonds is 4. The van der Waals surface area contributed by atoms with Crippen molar-refractivity contribution in [1.82, 2.24) is 14.9 Å². The predicted octanol–water partition coefficient (Wildman–Crippen LogP) is 4.62. The Bertz CT molecular complexity index is 1190. The molecule has 0 radical (unpaired) electrons. The first-order valence-corrected chi connectivity index (χ1v) is 10.2. The van der Waals surface area contributed by atoms with Gasteiger partial charge in [0.25, 0.3) is 5.91 Å². The van der Waals surface area contributed by atoms with Gasteiger partial charge in [-0.3, -0.25) is 4.79 Å². The molecule has 1 unspecified atom stereocenters. The van der Waals surface area contributed by atoms with Gasteiger partial charge in [0.05, 0.1) is 5.69 Å². The minimum absolute atomic E-state index is 0.0748. The van der Waals surface area contributed by atoms with Gasteiger partial charge in [-0.15, -0.1) is 0 Å². The number of aromatic nitrogens is 2. The van der Waals surface area contributed by atoms with Crippen LogP contribution < -0.4 is 5.32 Å². The van der Waals surface area contributed by atoms with E-state index in [1.165, 1.54) is 10.8 Å². The fourth-order valence-corrected chi connectivity index (χ4v) is 3.95. The number of likely N-dealkylation sites (tertiary alicyclic amines) is 1. The summed E-state index contributed by atoms with van der Waals surface area (Å²) in [6.45, 7) is 1.38. The molecule has 3 aromatic carbocycles. The van der Waals surface area contributed by atoms with Crippen LogP contribution >= 0.6 is 0 Å². The Morgan fingerprint density at radius 2 is 1.73 bits per heavy atom. The molecule has 1 N–H and O–H groups in total. The Labute approximate surface area is 175 Å². The summed E-state index contributed by atoms with van der Waals surface area (Å²) in [5.41, 5.74) is 2.67. The molecule has 4 aromatic rings. The number of carbonyl (C=O) groups is 1. The molecule has 0 bridgehead atoms. The first kappa shape index (κ1) is 18.3. The fraction of sp³-hybridized carbons (Fsp3) is 0.160. The van der Waals surface area contributed by atoms with Gasteiger partial charge in [0.1, 0.15) is 0 Å². The van der Waals surface area contributed by atoms with Gasteiger partial charge in [0.15, 0.2) is 0 Å². The Balaban J connectivity index is 1.30. The monoisotopic (exact) mass is 394 g/mol. The molecule has 2 heterocycles. The normalized spacial score (nSPS) is 16.0. The zero-order valence-corrected chi connectivity index (χ0v) is 16.5. The summed E-state index contributed by atoms with van der Waals surface area (Å²) in [5, 5.41) is 5.81. The smallest absolute Gasteiger partial charge is 0.253 e. The van der Waals surface area contributed by atoms with Crippen molar-refractivity contribution in [1.29, 1.82) is 0 Å². The van der Waals surface area contributed by atoms with E-state index in [1.807, 2.05) is 53.4 Å². The van der Waals surface area contributed by atoms with Gasteiger partial charge in [-0.2, -0.15) is 0 Å². The summed E-state index contributed by atoms with van der Waals surface area (Å²) in [6, 6.07) is 26.2. The summed E-state index contributed by atoms with van der Waals surface area (Å²) in [6.07, 6.45) is 2.66. The molecule has 30 heavy (non-hydrogen) atoms. The molecule has 1 aliphatic heterocycles. The summed E-state index contributed by atoms with van der Waals surface area (Å²) >= 11 is 0. The summed E-state index contributed by atoms with van der Waals surface area (Å²) in [7, 11) is 0. The van der Waals surface area contributed by atoms with E-state index in [0.29, 0.717) is 12.5 Å². The van der Waals surface area contributed by atoms with E-state index < -0.39 is 0 Å². The molecule has 1 fully saturated rings. The predicted molar refractivity (Wildman–Crippen MR) is 119 cm³/mol. The third-order valence-electron chi connectivity index (χ3n) is 5.53. The Kier molecular flexibility index (Phi) is 4.85. The summed E-state index contributed by atoms with van der Waals surface area (Å²) in [4.78, 5) is 23.7. The van der Waals surface area contributed by atoms with Crippen molar-refractivity contribution in [2.45, 2.75) is 12.5 Å². The van der Waals surface area contributed by atoms with Crippen molar-refractivity contribution in [3.8, 4) is 11.3 Å². The maximum absolute atomic E-state index is 12.7. The average molecular weight is 394 g/mol. The lowest BCUT2D eigenvalue weighted by molar-refractivity contribution is 0.0791. The molecule has 148 valence electrons. The number of carbonyl (C=O) groups excluding carboxylic acids is 1. The van der Waals surface area contributed by atoms with Crippen molar-refractivity contribution in [3.63, 3.8) is 0 Å². The van der Waals surface area contributed by atoms with Crippen LogP contribution in [-0.4, -0.2) is 39.9 Å². The van der Waals surface area contributed by atoms with E-state index >= 15 is 0 Å². The number of hydrogen-bond donors (Lipinski definition) is 1. The van der Waals surface area contributed by atoms with Crippen LogP contribution in [0.3, 0.4) is 0 Å². The highest BCUT2D eigenvalue weighted by atomic mass is 16.2. The van der Waals surface area contributed by atoms with E-state index in [2.05, 4.69) is 40.6 Å². The van der Waals surface area contributed by atoms with Crippen LogP contribution in [0.5, 0.6) is 0 Å². The molecule has 0 saturated carbocycles. The first-order valence-electron chi connectivity index (χ1n) is 10.2. The van der Waals surface area contributed by atoms with E-state index in [4.69, 9.17) is 4.98 Å². The molecule has 0 aliphatic carbocycles. The highest BCUT2D eigenvalue weighted by Gasteiger charge is 2.27. The second-order valence-electron chi connectivity index (χ2n) is 7.57. The fourth-order valence-electron chi connectivity index (χ4n) is 3.95. The molecular weight excluding hydrogens is 372 g/mol. The zero-order valence-electron chi connectivity index (χ0n) is 16.5. The van der Waals surface area contributed by atoms with E-state index in [0.717, 1.165) is 29.8 Å². The minimum Gasteiger partial charge on any atom is -0.350 e. The Hall–Kier alpha value is -3.73. The van der Waals surface area contributed by atoms with Crippen molar-refractivity contribution in [3.05, 3.63) is 90.6 Å². The lowest BCUT2D eigenvalue weighted by Gasteiger charge is -2.17. The van der Waals surface area contributed by atoms with Crippen molar-refractivity contribution >= 4 is 22.6 Å². The molecule has 1 aromatic heterocycles. The van der Waals surface area contributed by atoms with Gasteiger partial charge in [0.2, 0.25) is 5.95 Å². The van der Waals surface area contributed by atoms with Crippen molar-refractivity contribution in [2.24, 2.45) is 0 Å². The molecule has 1 atom stereocenters. The van der Waals surface area contributed by atoms with Crippen molar-refractivity contribution < 1.29 is 4.79 Å². The maximum Gasteiger partial charge on any atom is 0.253 e. The second kappa shape index (κ2) is 7.95. The summed E-state index contributed by atoms with van der Waals surface area (Å²) in [5.74, 6) is 0.672. The number of benzene rings is 3. The molecule has 5 rings (SSSR count). The third kappa shape index (κ3) is 3.74. The van der Waals surface area contributed by atoms with Crippen LogP contribution in [0.1, 0.15) is 16.8 Å². The third-order valence-corrected chi connectivity index (χ3v) is 5.53. The van der Waals surface area contributed by atoms with Gasteiger partial charge in [-0.25, -0.2) is 9.97 Å². The lowest BCUT2D eigenvalue weighted by Crippen LogP contribution is -2.31. The van der Waals surface area contributed by atoms with Crippen LogP contribution in [0, 0.1) is 0 Å². The molecule has 1 saturated heterocycles. The minimum atomic E-state index is 0.0748. The Morgan fingerprint density at radius 3 is 2.60 bits per heavy atom. The highest BCUT2D eigenvalue weighted by Crippen LogP contribution is 2.24. The molecular formula is C25H22N4O. The first-order chi connectivity index (χ1) is 14.8. The lowest BCUT2D eigenvalue weighted by atomic mass is 10.1. The standard InChI is InChI=1S/C25H22N4O/c30-24(19-7-2-1-3-8-19)29-15-13-22(17-29)27-25-26-14-12-23(28-25)21-11-10-18-6-4-5-9-20(18)16-21/h1-12,14,16,22H,13,15,17H2,(H,26,27,28). The number of amides is 1. The van der Waals surface area contributed by atoms with Crippen molar-refractivity contribution in [2.75, 3.05) is 18.4 Å². The largest absolute Gasteiger partial charge is 0.350 e. The van der Waals surface area contributed by atoms with Gasteiger partial charge in [0, 0.05) is 36.5 Å². The molecule has 5 heteroatoms. The van der Waals surface area contributed by atoms with Crippen LogP contribution in [-0.2, 0) is 0 Å². The number of fused-ring (bicyclic) bond motifs is 1. The van der Waals surface area contributed by atoms with Gasteiger partial charge in [-0.1, -0.05) is 54.6 Å². The quantitative estimate of drug-likeness (QED) is 0.549. The van der Waals surface area contributed by atoms with Crippen LogP contribution in [0.25, 0.3) is 22.0 Å². The molecule has 1 amide bonds. The van der Waals surface area contributed by atoms with Gasteiger partial charge < -0.3 is 10.2 Å². The number of anilines is 1. The zero-order chi connectivity index (χ0) is 20.3. The topological polar surface area (TPSA) is 58.1 Å².